The van der Waals surface area contributed by atoms with E-state index in [1.165, 1.54) is 0 Å². The van der Waals surface area contributed by atoms with Crippen LogP contribution in [0.4, 0.5) is 0 Å². The minimum Gasteiger partial charge on any atom is -0.146 e. The topological polar surface area (TPSA) is 25.8 Å². The fourth-order valence-corrected chi connectivity index (χ4v) is 0.593. The van der Waals surface area contributed by atoms with Crippen LogP contribution in [-0.2, 0) is 0 Å². The maximum atomic E-state index is 3.94. The van der Waals surface area contributed by atoms with E-state index in [4.69, 9.17) is 0 Å². The van der Waals surface area contributed by atoms with Gasteiger partial charge in [0.15, 0.2) is 0 Å². The average molecular weight is 134 g/mol. The Bertz CT molecular complexity index is 201. The molecule has 0 unspecified atom stereocenters. The van der Waals surface area contributed by atoms with Gasteiger partial charge in [0.25, 0.3) is 0 Å². The van der Waals surface area contributed by atoms with E-state index in [1.54, 1.807) is 0 Å². The SMILES string of the molecule is Cc1c#cc(C(C)C)nn1. The number of rotatable bonds is 1. The van der Waals surface area contributed by atoms with Crippen LogP contribution >= 0.6 is 0 Å². The zero-order valence-electron chi connectivity index (χ0n) is 6.47. The van der Waals surface area contributed by atoms with Crippen molar-refractivity contribution in [3.05, 3.63) is 23.5 Å². The highest BCUT2D eigenvalue weighted by Crippen LogP contribution is 2.05. The molecule has 2 heteroatoms. The van der Waals surface area contributed by atoms with Gasteiger partial charge in [0.05, 0.1) is 0 Å². The summed E-state index contributed by atoms with van der Waals surface area (Å²) in [6.07, 6.45) is 0. The third-order valence-electron chi connectivity index (χ3n) is 1.23. The van der Waals surface area contributed by atoms with Gasteiger partial charge in [-0.1, -0.05) is 13.8 Å². The fourth-order valence-electron chi connectivity index (χ4n) is 0.593. The molecule has 0 aliphatic carbocycles. The first-order chi connectivity index (χ1) is 4.70. The first kappa shape index (κ1) is 7.01. The fraction of sp³-hybridized carbons (Fsp3) is 0.500. The lowest BCUT2D eigenvalue weighted by molar-refractivity contribution is 0.780. The normalized spacial score (nSPS) is 9.60. The minimum absolute atomic E-state index is 0.393. The van der Waals surface area contributed by atoms with Gasteiger partial charge in [0.2, 0.25) is 0 Å². The summed E-state index contributed by atoms with van der Waals surface area (Å²) in [7, 11) is 0. The Morgan fingerprint density at radius 3 is 2.30 bits per heavy atom. The summed E-state index contributed by atoms with van der Waals surface area (Å²) in [5, 5.41) is 7.80. The molecule has 0 atom stereocenters. The molecular formula is C8H10N2. The van der Waals surface area contributed by atoms with E-state index in [2.05, 4.69) is 36.2 Å². The molecule has 1 aromatic heterocycles. The second kappa shape index (κ2) is 2.66. The van der Waals surface area contributed by atoms with E-state index < -0.39 is 0 Å². The zero-order valence-corrected chi connectivity index (χ0v) is 6.47. The molecule has 1 aromatic rings. The predicted molar refractivity (Wildman–Crippen MR) is 38.5 cm³/mol. The molecule has 0 aliphatic rings. The highest BCUT2D eigenvalue weighted by molar-refractivity contribution is 4.98. The lowest BCUT2D eigenvalue weighted by Crippen LogP contribution is -1.93. The van der Waals surface area contributed by atoms with E-state index in [0.29, 0.717) is 5.92 Å². The van der Waals surface area contributed by atoms with Crippen molar-refractivity contribution in [1.29, 1.82) is 0 Å². The molecule has 0 aliphatic heterocycles. The van der Waals surface area contributed by atoms with Crippen molar-refractivity contribution in [1.82, 2.24) is 10.2 Å². The second-order valence-electron chi connectivity index (χ2n) is 2.58. The maximum absolute atomic E-state index is 3.94. The van der Waals surface area contributed by atoms with Crippen LogP contribution in [0.3, 0.4) is 0 Å². The van der Waals surface area contributed by atoms with Crippen LogP contribution in [0.15, 0.2) is 0 Å². The van der Waals surface area contributed by atoms with Crippen molar-refractivity contribution in [3.63, 3.8) is 0 Å². The van der Waals surface area contributed by atoms with Crippen molar-refractivity contribution in [2.24, 2.45) is 0 Å². The van der Waals surface area contributed by atoms with E-state index in [-0.39, 0.29) is 0 Å². The maximum Gasteiger partial charge on any atom is 0.115 e. The third kappa shape index (κ3) is 1.44. The van der Waals surface area contributed by atoms with E-state index in [1.807, 2.05) is 6.92 Å². The number of hydrogen-bond acceptors (Lipinski definition) is 2. The summed E-state index contributed by atoms with van der Waals surface area (Å²) >= 11 is 0. The van der Waals surface area contributed by atoms with Gasteiger partial charge in [0, 0.05) is 5.92 Å². The molecule has 0 spiro atoms. The predicted octanol–water partition coefficient (Wildman–Crippen LogP) is 1.51. The van der Waals surface area contributed by atoms with Crippen molar-refractivity contribution >= 4 is 0 Å². The van der Waals surface area contributed by atoms with Crippen LogP contribution in [0.2, 0.25) is 0 Å². The van der Waals surface area contributed by atoms with Crippen LogP contribution in [0.1, 0.15) is 31.2 Å². The van der Waals surface area contributed by atoms with Gasteiger partial charge >= 0.3 is 0 Å². The number of nitrogens with zero attached hydrogens (tertiary/aromatic N) is 2. The Labute approximate surface area is 61.3 Å². The Morgan fingerprint density at radius 2 is 1.90 bits per heavy atom. The first-order valence-corrected chi connectivity index (χ1v) is 3.34. The molecule has 0 saturated heterocycles. The van der Waals surface area contributed by atoms with Gasteiger partial charge in [0.1, 0.15) is 11.4 Å². The van der Waals surface area contributed by atoms with Crippen LogP contribution in [-0.4, -0.2) is 10.2 Å². The monoisotopic (exact) mass is 134 g/mol. The van der Waals surface area contributed by atoms with E-state index >= 15 is 0 Å². The van der Waals surface area contributed by atoms with Crippen molar-refractivity contribution in [2.75, 3.05) is 0 Å². The van der Waals surface area contributed by atoms with Crippen LogP contribution < -0.4 is 0 Å². The van der Waals surface area contributed by atoms with E-state index in [9.17, 15) is 0 Å². The van der Waals surface area contributed by atoms with Crippen LogP contribution in [0.5, 0.6) is 0 Å². The summed E-state index contributed by atoms with van der Waals surface area (Å²) in [5.74, 6) is 0.393. The zero-order chi connectivity index (χ0) is 7.56. The quantitative estimate of drug-likeness (QED) is 0.581. The summed E-state index contributed by atoms with van der Waals surface area (Å²) in [6, 6.07) is 5.82. The van der Waals surface area contributed by atoms with Gasteiger partial charge in [-0.2, -0.15) is 0 Å². The standard InChI is InChI=1S/C8H10N2/c1-6(2)8-5-4-7(3)9-10-8/h6H,1-3H3. The molecule has 10 heavy (non-hydrogen) atoms. The third-order valence-corrected chi connectivity index (χ3v) is 1.23. The Kier molecular flexibility index (Phi) is 1.86. The molecular weight excluding hydrogens is 124 g/mol. The van der Waals surface area contributed by atoms with Crippen molar-refractivity contribution < 1.29 is 0 Å². The Hall–Kier alpha value is -1.10. The van der Waals surface area contributed by atoms with Crippen molar-refractivity contribution in [3.8, 4) is 0 Å². The van der Waals surface area contributed by atoms with Gasteiger partial charge < -0.3 is 0 Å². The molecule has 1 rings (SSSR count). The van der Waals surface area contributed by atoms with Gasteiger partial charge in [-0.25, -0.2) is 0 Å². The molecule has 0 saturated carbocycles. The first-order valence-electron chi connectivity index (χ1n) is 3.34. The summed E-state index contributed by atoms with van der Waals surface area (Å²) in [6.45, 7) is 5.97. The molecule has 0 bridgehead atoms. The molecule has 2 nitrogen and oxygen atoms in total. The second-order valence-corrected chi connectivity index (χ2v) is 2.58. The minimum atomic E-state index is 0.393. The summed E-state index contributed by atoms with van der Waals surface area (Å²) < 4.78 is 0. The smallest absolute Gasteiger partial charge is 0.115 e. The highest BCUT2D eigenvalue weighted by atomic mass is 15.1. The average Bonchev–Trinajstić information content (AvgIpc) is 1.88. The number of aromatic nitrogens is 2. The summed E-state index contributed by atoms with van der Waals surface area (Å²) in [4.78, 5) is 0. The molecule has 52 valence electrons. The van der Waals surface area contributed by atoms with Gasteiger partial charge in [-0.05, 0) is 19.1 Å². The molecule has 0 fully saturated rings. The lowest BCUT2D eigenvalue weighted by Gasteiger charge is -1.96. The molecule has 0 N–H and O–H groups in total. The van der Waals surface area contributed by atoms with Gasteiger partial charge in [-0.3, -0.25) is 0 Å². The molecule has 1 heterocycles. The largest absolute Gasteiger partial charge is 0.146 e. The van der Waals surface area contributed by atoms with E-state index in [0.717, 1.165) is 11.4 Å². The number of aryl methyl sites for hydroxylation is 1. The summed E-state index contributed by atoms with van der Waals surface area (Å²) in [5.41, 5.74) is 1.68. The van der Waals surface area contributed by atoms with Crippen LogP contribution in [0.25, 0.3) is 0 Å². The highest BCUT2D eigenvalue weighted by Gasteiger charge is 1.97. The molecule has 0 amide bonds. The number of hydrogen-bond donors (Lipinski definition) is 0. The van der Waals surface area contributed by atoms with Crippen LogP contribution in [0, 0.1) is 19.1 Å². The molecule has 0 radical (unpaired) electrons. The molecule has 0 aromatic carbocycles. The Balaban J connectivity index is 2.89. The lowest BCUT2D eigenvalue weighted by atomic mass is 10.1. The van der Waals surface area contributed by atoms with Crippen molar-refractivity contribution in [2.45, 2.75) is 26.7 Å². The van der Waals surface area contributed by atoms with Gasteiger partial charge in [-0.15, -0.1) is 10.2 Å². The Morgan fingerprint density at radius 1 is 1.20 bits per heavy atom.